The lowest BCUT2D eigenvalue weighted by atomic mass is 9.95. The Bertz CT molecular complexity index is 603. The van der Waals surface area contributed by atoms with Gasteiger partial charge in [-0.25, -0.2) is 9.37 Å². The van der Waals surface area contributed by atoms with Crippen LogP contribution < -0.4 is 5.32 Å². The van der Waals surface area contributed by atoms with Crippen LogP contribution in [0.15, 0.2) is 24.3 Å². The molecular weight excluding hydrogens is 283 g/mol. The Morgan fingerprint density at radius 2 is 2.14 bits per heavy atom. The van der Waals surface area contributed by atoms with E-state index in [1.807, 2.05) is 17.4 Å². The number of benzene rings is 1. The second-order valence-electron chi connectivity index (χ2n) is 5.60. The van der Waals surface area contributed by atoms with E-state index >= 15 is 0 Å². The number of piperidine rings is 1. The summed E-state index contributed by atoms with van der Waals surface area (Å²) in [4.78, 5) is 6.27. The van der Waals surface area contributed by atoms with Crippen LogP contribution in [0.2, 0.25) is 0 Å². The molecule has 4 heteroatoms. The van der Waals surface area contributed by atoms with Crippen molar-refractivity contribution in [1.29, 1.82) is 0 Å². The SMILES string of the molecule is CCc1nc(Cc2cccc(F)c2)sc1C1CCNCC1. The van der Waals surface area contributed by atoms with Crippen LogP contribution in [0, 0.1) is 5.82 Å². The lowest BCUT2D eigenvalue weighted by molar-refractivity contribution is 0.463. The van der Waals surface area contributed by atoms with E-state index in [2.05, 4.69) is 12.2 Å². The van der Waals surface area contributed by atoms with Crippen LogP contribution in [0.3, 0.4) is 0 Å². The predicted octanol–water partition coefficient (Wildman–Crippen LogP) is 3.90. The summed E-state index contributed by atoms with van der Waals surface area (Å²) in [6, 6.07) is 6.84. The lowest BCUT2D eigenvalue weighted by Gasteiger charge is -2.22. The largest absolute Gasteiger partial charge is 0.317 e. The van der Waals surface area contributed by atoms with E-state index in [1.54, 1.807) is 12.1 Å². The van der Waals surface area contributed by atoms with Gasteiger partial charge < -0.3 is 5.32 Å². The van der Waals surface area contributed by atoms with Gasteiger partial charge >= 0.3 is 0 Å². The van der Waals surface area contributed by atoms with Crippen molar-refractivity contribution in [3.05, 3.63) is 51.2 Å². The molecule has 1 saturated heterocycles. The Morgan fingerprint density at radius 1 is 1.33 bits per heavy atom. The van der Waals surface area contributed by atoms with Gasteiger partial charge in [-0.05, 0) is 56.0 Å². The molecule has 112 valence electrons. The third-order valence-corrected chi connectivity index (χ3v) is 5.32. The number of aryl methyl sites for hydroxylation is 1. The third kappa shape index (κ3) is 3.50. The number of hydrogen-bond acceptors (Lipinski definition) is 3. The van der Waals surface area contributed by atoms with Crippen molar-refractivity contribution in [1.82, 2.24) is 10.3 Å². The second kappa shape index (κ2) is 6.67. The van der Waals surface area contributed by atoms with Crippen molar-refractivity contribution in [3.63, 3.8) is 0 Å². The van der Waals surface area contributed by atoms with Crippen LogP contribution in [-0.4, -0.2) is 18.1 Å². The summed E-state index contributed by atoms with van der Waals surface area (Å²) in [5.74, 6) is 0.485. The number of hydrogen-bond donors (Lipinski definition) is 1. The highest BCUT2D eigenvalue weighted by Crippen LogP contribution is 2.34. The average molecular weight is 304 g/mol. The van der Waals surface area contributed by atoms with Gasteiger partial charge in [0.25, 0.3) is 0 Å². The zero-order valence-electron chi connectivity index (χ0n) is 12.4. The molecule has 1 aliphatic heterocycles. The first-order chi connectivity index (χ1) is 10.3. The average Bonchev–Trinajstić information content (AvgIpc) is 2.91. The monoisotopic (exact) mass is 304 g/mol. The van der Waals surface area contributed by atoms with Gasteiger partial charge in [0.2, 0.25) is 0 Å². The van der Waals surface area contributed by atoms with Crippen LogP contribution in [0.5, 0.6) is 0 Å². The summed E-state index contributed by atoms with van der Waals surface area (Å²) in [5.41, 5.74) is 2.25. The van der Waals surface area contributed by atoms with E-state index < -0.39 is 0 Å². The Hall–Kier alpha value is -1.26. The fraction of sp³-hybridized carbons (Fsp3) is 0.471. The summed E-state index contributed by atoms with van der Waals surface area (Å²) in [7, 11) is 0. The van der Waals surface area contributed by atoms with Gasteiger partial charge in [-0.1, -0.05) is 19.1 Å². The molecule has 21 heavy (non-hydrogen) atoms. The Balaban J connectivity index is 1.81. The van der Waals surface area contributed by atoms with Gasteiger partial charge in [-0.3, -0.25) is 0 Å². The molecule has 0 bridgehead atoms. The highest BCUT2D eigenvalue weighted by Gasteiger charge is 2.21. The van der Waals surface area contributed by atoms with Crippen molar-refractivity contribution in [2.45, 2.75) is 38.5 Å². The molecule has 0 radical (unpaired) electrons. The van der Waals surface area contributed by atoms with Gasteiger partial charge in [0, 0.05) is 11.3 Å². The van der Waals surface area contributed by atoms with Crippen LogP contribution in [0.1, 0.15) is 46.8 Å². The minimum atomic E-state index is -0.168. The molecule has 0 spiro atoms. The van der Waals surface area contributed by atoms with E-state index in [0.29, 0.717) is 5.92 Å². The number of halogens is 1. The maximum Gasteiger partial charge on any atom is 0.123 e. The Kier molecular flexibility index (Phi) is 4.66. The minimum Gasteiger partial charge on any atom is -0.317 e. The van der Waals surface area contributed by atoms with E-state index in [1.165, 1.54) is 29.5 Å². The molecule has 1 aliphatic rings. The molecule has 1 aromatic heterocycles. The van der Waals surface area contributed by atoms with Crippen LogP contribution in [-0.2, 0) is 12.8 Å². The quantitative estimate of drug-likeness (QED) is 0.926. The van der Waals surface area contributed by atoms with Gasteiger partial charge in [-0.2, -0.15) is 0 Å². The molecule has 2 aromatic rings. The molecule has 0 aliphatic carbocycles. The molecule has 2 nitrogen and oxygen atoms in total. The number of nitrogens with one attached hydrogen (secondary N) is 1. The van der Waals surface area contributed by atoms with Crippen molar-refractivity contribution in [2.75, 3.05) is 13.1 Å². The number of thiazole rings is 1. The van der Waals surface area contributed by atoms with E-state index in [-0.39, 0.29) is 5.82 Å². The molecule has 1 fully saturated rings. The van der Waals surface area contributed by atoms with E-state index in [4.69, 9.17) is 4.98 Å². The molecule has 3 rings (SSSR count). The van der Waals surface area contributed by atoms with E-state index in [9.17, 15) is 4.39 Å². The summed E-state index contributed by atoms with van der Waals surface area (Å²) < 4.78 is 13.3. The topological polar surface area (TPSA) is 24.9 Å². The molecule has 2 heterocycles. The van der Waals surface area contributed by atoms with Crippen LogP contribution >= 0.6 is 11.3 Å². The van der Waals surface area contributed by atoms with Gasteiger partial charge in [0.15, 0.2) is 0 Å². The summed E-state index contributed by atoms with van der Waals surface area (Å²) >= 11 is 1.83. The van der Waals surface area contributed by atoms with E-state index in [0.717, 1.165) is 36.5 Å². The molecule has 0 unspecified atom stereocenters. The standard InChI is InChI=1S/C17H21FN2S/c1-2-15-17(13-6-8-19-9-7-13)21-16(20-15)11-12-4-3-5-14(18)10-12/h3-5,10,13,19H,2,6-9,11H2,1H3. The second-order valence-corrected chi connectivity index (χ2v) is 6.72. The molecular formula is C17H21FN2S. The smallest absolute Gasteiger partial charge is 0.123 e. The first-order valence-corrected chi connectivity index (χ1v) is 8.51. The number of nitrogens with zero attached hydrogens (tertiary/aromatic N) is 1. The fourth-order valence-electron chi connectivity index (χ4n) is 2.97. The first-order valence-electron chi connectivity index (χ1n) is 7.70. The van der Waals surface area contributed by atoms with Gasteiger partial charge in [0.05, 0.1) is 10.7 Å². The third-order valence-electron chi connectivity index (χ3n) is 4.06. The van der Waals surface area contributed by atoms with Crippen molar-refractivity contribution in [2.24, 2.45) is 0 Å². The molecule has 0 amide bonds. The normalized spacial score (nSPS) is 16.3. The molecule has 0 saturated carbocycles. The number of aromatic nitrogens is 1. The highest BCUT2D eigenvalue weighted by molar-refractivity contribution is 7.11. The predicted molar refractivity (Wildman–Crippen MR) is 85.5 cm³/mol. The van der Waals surface area contributed by atoms with Gasteiger partial charge in [-0.15, -0.1) is 11.3 Å². The Labute approximate surface area is 129 Å². The molecule has 1 aromatic carbocycles. The zero-order valence-corrected chi connectivity index (χ0v) is 13.2. The summed E-state index contributed by atoms with van der Waals surface area (Å²) in [6.45, 7) is 4.38. The van der Waals surface area contributed by atoms with Crippen molar-refractivity contribution in [3.8, 4) is 0 Å². The lowest BCUT2D eigenvalue weighted by Crippen LogP contribution is -2.26. The van der Waals surface area contributed by atoms with Crippen LogP contribution in [0.25, 0.3) is 0 Å². The van der Waals surface area contributed by atoms with Crippen LogP contribution in [0.4, 0.5) is 4.39 Å². The molecule has 1 N–H and O–H groups in total. The maximum atomic E-state index is 13.3. The zero-order chi connectivity index (χ0) is 14.7. The maximum absolute atomic E-state index is 13.3. The Morgan fingerprint density at radius 3 is 2.86 bits per heavy atom. The number of rotatable bonds is 4. The fourth-order valence-corrected chi connectivity index (χ4v) is 4.33. The minimum absolute atomic E-state index is 0.168. The summed E-state index contributed by atoms with van der Waals surface area (Å²) in [6.07, 6.45) is 4.13. The van der Waals surface area contributed by atoms with Crippen molar-refractivity contribution < 1.29 is 4.39 Å². The summed E-state index contributed by atoms with van der Waals surface area (Å²) in [5, 5.41) is 4.53. The van der Waals surface area contributed by atoms with Crippen molar-refractivity contribution >= 4 is 11.3 Å². The molecule has 0 atom stereocenters. The highest BCUT2D eigenvalue weighted by atomic mass is 32.1. The first kappa shape index (κ1) is 14.7. The van der Waals surface area contributed by atoms with Gasteiger partial charge in [0.1, 0.15) is 5.82 Å².